The van der Waals surface area contributed by atoms with E-state index in [1.54, 1.807) is 0 Å². The Hall–Kier alpha value is -7.08. The minimum Gasteiger partial charge on any atom is -0.456 e. The van der Waals surface area contributed by atoms with Crippen LogP contribution in [0.5, 0.6) is 0 Å². The lowest BCUT2D eigenvalue weighted by molar-refractivity contribution is 0.669. The number of aromatic nitrogens is 2. The zero-order valence-electron chi connectivity index (χ0n) is 26.1. The summed E-state index contributed by atoms with van der Waals surface area (Å²) in [6.45, 7) is 0. The van der Waals surface area contributed by atoms with Crippen molar-refractivity contribution in [3.05, 3.63) is 157 Å². The number of hydrogen-bond donors (Lipinski definition) is 0. The molecule has 0 amide bonds. The summed E-state index contributed by atoms with van der Waals surface area (Å²) in [4.78, 5) is 0. The lowest BCUT2D eigenvalue weighted by atomic mass is 9.97. The molecule has 7 aromatic carbocycles. The molecular weight excluding hydrogens is 601 g/mol. The van der Waals surface area contributed by atoms with Crippen LogP contribution < -0.4 is 0 Å². The van der Waals surface area contributed by atoms with E-state index in [1.165, 1.54) is 0 Å². The molecule has 3 aromatic heterocycles. The maximum Gasteiger partial charge on any atom is 0.136 e. The van der Waals surface area contributed by atoms with Crippen molar-refractivity contribution in [2.75, 3.05) is 0 Å². The van der Waals surface area contributed by atoms with Gasteiger partial charge in [0.2, 0.25) is 0 Å². The molecule has 0 radical (unpaired) electrons. The monoisotopic (exact) mass is 624 g/mol. The molecule has 5 nitrogen and oxygen atoms in total. The topological polar surface area (TPSA) is 70.6 Å². The molecule has 0 fully saturated rings. The van der Waals surface area contributed by atoms with Crippen LogP contribution in [0.4, 0.5) is 0 Å². The molecule has 0 N–H and O–H groups in total. The van der Waals surface area contributed by atoms with Crippen molar-refractivity contribution in [2.24, 2.45) is 0 Å². The molecule has 226 valence electrons. The highest BCUT2D eigenvalue weighted by atomic mass is 16.3. The number of para-hydroxylation sites is 5. The molecule has 10 rings (SSSR count). The van der Waals surface area contributed by atoms with Crippen molar-refractivity contribution in [2.45, 2.75) is 0 Å². The average molecular weight is 625 g/mol. The van der Waals surface area contributed by atoms with Gasteiger partial charge < -0.3 is 13.6 Å². The van der Waals surface area contributed by atoms with Crippen LogP contribution in [0, 0.1) is 22.7 Å². The fraction of sp³-hybridized carbons (Fsp3) is 0. The zero-order valence-corrected chi connectivity index (χ0v) is 26.1. The predicted molar refractivity (Wildman–Crippen MR) is 197 cm³/mol. The molecule has 3 heterocycles. The first-order chi connectivity index (χ1) is 24.2. The Kier molecular flexibility index (Phi) is 5.64. The number of furan rings is 1. The van der Waals surface area contributed by atoms with E-state index in [1.807, 2.05) is 66.7 Å². The van der Waals surface area contributed by atoms with Crippen molar-refractivity contribution in [1.29, 1.82) is 10.5 Å². The molecule has 0 saturated heterocycles. The van der Waals surface area contributed by atoms with E-state index in [2.05, 4.69) is 100 Å². The third kappa shape index (κ3) is 3.85. The first-order valence-corrected chi connectivity index (χ1v) is 16.1. The van der Waals surface area contributed by atoms with Crippen molar-refractivity contribution in [3.8, 4) is 34.6 Å². The molecule has 49 heavy (non-hydrogen) atoms. The van der Waals surface area contributed by atoms with Gasteiger partial charge in [0.25, 0.3) is 0 Å². The van der Waals surface area contributed by atoms with Crippen LogP contribution in [0.2, 0.25) is 0 Å². The Morgan fingerprint density at radius 2 is 1.08 bits per heavy atom. The lowest BCUT2D eigenvalue weighted by Gasteiger charge is -2.17. The van der Waals surface area contributed by atoms with E-state index < -0.39 is 0 Å². The third-order valence-electron chi connectivity index (χ3n) is 9.75. The summed E-state index contributed by atoms with van der Waals surface area (Å²) in [6, 6.07) is 54.2. The molecule has 0 unspecified atom stereocenters. The fourth-order valence-electron chi connectivity index (χ4n) is 7.70. The molecule has 0 aliphatic carbocycles. The molecular formula is C44H24N4O. The van der Waals surface area contributed by atoms with Gasteiger partial charge >= 0.3 is 0 Å². The Labute approximate surface area is 280 Å². The quantitative estimate of drug-likeness (QED) is 0.196. The van der Waals surface area contributed by atoms with Crippen molar-refractivity contribution < 1.29 is 4.42 Å². The minimum atomic E-state index is 0.538. The van der Waals surface area contributed by atoms with Crippen LogP contribution in [0.25, 0.3) is 88.1 Å². The molecule has 0 aliphatic rings. The number of benzene rings is 7. The number of nitrogens with zero attached hydrogens (tertiary/aromatic N) is 4. The van der Waals surface area contributed by atoms with Crippen LogP contribution in [-0.4, -0.2) is 9.13 Å². The van der Waals surface area contributed by atoms with Gasteiger partial charge in [0.15, 0.2) is 0 Å². The predicted octanol–water partition coefficient (Wildman–Crippen LogP) is 11.2. The second-order valence-electron chi connectivity index (χ2n) is 12.4. The molecule has 5 heteroatoms. The highest BCUT2D eigenvalue weighted by Gasteiger charge is 2.22. The van der Waals surface area contributed by atoms with Crippen LogP contribution in [-0.2, 0) is 0 Å². The Bertz CT molecular complexity index is 3030. The summed E-state index contributed by atoms with van der Waals surface area (Å²) in [5.41, 5.74) is 10.2. The average Bonchev–Trinajstić information content (AvgIpc) is 3.80. The SMILES string of the molecule is N#Cc1cc(-c2cccc(C#N)c2-n2c3ccccc3c3cc4oc5ccccc5c4cc32)cc(-n2c3ccccc3c3ccccc32)c1. The van der Waals surface area contributed by atoms with E-state index in [9.17, 15) is 10.5 Å². The van der Waals surface area contributed by atoms with E-state index in [0.717, 1.165) is 88.1 Å². The number of hydrogen-bond acceptors (Lipinski definition) is 3. The van der Waals surface area contributed by atoms with E-state index in [0.29, 0.717) is 11.1 Å². The summed E-state index contributed by atoms with van der Waals surface area (Å²) < 4.78 is 10.7. The smallest absolute Gasteiger partial charge is 0.136 e. The number of rotatable bonds is 3. The number of nitriles is 2. The van der Waals surface area contributed by atoms with Crippen LogP contribution in [0.3, 0.4) is 0 Å². The zero-order chi connectivity index (χ0) is 32.6. The fourth-order valence-corrected chi connectivity index (χ4v) is 7.70. The van der Waals surface area contributed by atoms with Gasteiger partial charge in [-0.3, -0.25) is 0 Å². The number of fused-ring (bicyclic) bond motifs is 9. The standard InChI is InChI=1S/C44H24N4O/c45-25-27-20-29(22-30(21-27)47-38-16-5-1-11-32(38)33-12-2-6-17-39(33)47)31-15-9-10-28(26-46)44(31)48-40-18-7-3-13-34(40)36-24-43-37(23-41(36)48)35-14-4-8-19-42(35)49-43/h1-24H. The third-order valence-corrected chi connectivity index (χ3v) is 9.75. The van der Waals surface area contributed by atoms with Crippen LogP contribution >= 0.6 is 0 Å². The normalized spacial score (nSPS) is 11.6. The second-order valence-corrected chi connectivity index (χ2v) is 12.4. The van der Waals surface area contributed by atoms with Crippen molar-refractivity contribution >= 4 is 65.6 Å². The summed E-state index contributed by atoms with van der Waals surface area (Å²) in [5, 5.41) is 27.4. The summed E-state index contributed by atoms with van der Waals surface area (Å²) in [7, 11) is 0. The molecule has 0 bridgehead atoms. The van der Waals surface area contributed by atoms with Gasteiger partial charge in [-0.25, -0.2) is 0 Å². The first-order valence-electron chi connectivity index (χ1n) is 16.1. The van der Waals surface area contributed by atoms with Crippen molar-refractivity contribution in [1.82, 2.24) is 9.13 Å². The Balaban J connectivity index is 1.30. The van der Waals surface area contributed by atoms with Gasteiger partial charge in [-0.15, -0.1) is 0 Å². The first kappa shape index (κ1) is 27.1. The maximum atomic E-state index is 10.6. The van der Waals surface area contributed by atoms with Crippen molar-refractivity contribution in [3.63, 3.8) is 0 Å². The maximum absolute atomic E-state index is 10.6. The summed E-state index contributed by atoms with van der Waals surface area (Å²) in [6.07, 6.45) is 0. The van der Waals surface area contributed by atoms with Gasteiger partial charge in [-0.2, -0.15) is 10.5 Å². The van der Waals surface area contributed by atoms with Crippen LogP contribution in [0.1, 0.15) is 11.1 Å². The van der Waals surface area contributed by atoms with Gasteiger partial charge in [0.1, 0.15) is 17.2 Å². The molecule has 0 spiro atoms. The van der Waals surface area contributed by atoms with Crippen LogP contribution in [0.15, 0.2) is 150 Å². The van der Waals surface area contributed by atoms with Gasteiger partial charge in [0, 0.05) is 43.6 Å². The molecule has 0 aliphatic heterocycles. The van der Waals surface area contributed by atoms with Gasteiger partial charge in [-0.1, -0.05) is 84.9 Å². The van der Waals surface area contributed by atoms with E-state index in [4.69, 9.17) is 4.42 Å². The van der Waals surface area contributed by atoms with E-state index >= 15 is 0 Å². The molecule has 10 aromatic rings. The second kappa shape index (κ2) is 10.2. The Morgan fingerprint density at radius 1 is 0.449 bits per heavy atom. The lowest BCUT2D eigenvalue weighted by Crippen LogP contribution is -2.02. The summed E-state index contributed by atoms with van der Waals surface area (Å²) in [5.74, 6) is 0. The molecule has 0 atom stereocenters. The Morgan fingerprint density at radius 3 is 1.78 bits per heavy atom. The highest BCUT2D eigenvalue weighted by molar-refractivity contribution is 6.17. The largest absolute Gasteiger partial charge is 0.456 e. The summed E-state index contributed by atoms with van der Waals surface area (Å²) >= 11 is 0. The molecule has 0 saturated carbocycles. The minimum absolute atomic E-state index is 0.538. The van der Waals surface area contributed by atoms with Gasteiger partial charge in [-0.05, 0) is 66.2 Å². The van der Waals surface area contributed by atoms with E-state index in [-0.39, 0.29) is 0 Å². The van der Waals surface area contributed by atoms with Gasteiger partial charge in [0.05, 0.1) is 45.0 Å². The highest BCUT2D eigenvalue weighted by Crippen LogP contribution is 2.42.